The Morgan fingerprint density at radius 3 is 3.00 bits per heavy atom. The Morgan fingerprint density at radius 2 is 2.14 bits per heavy atom. The van der Waals surface area contributed by atoms with E-state index >= 15 is 0 Å². The number of fused-ring (bicyclic) bond motifs is 1. The van der Waals surface area contributed by atoms with Crippen molar-refractivity contribution in [1.29, 1.82) is 0 Å². The van der Waals surface area contributed by atoms with E-state index in [0.29, 0.717) is 6.61 Å². The van der Waals surface area contributed by atoms with Gasteiger partial charge < -0.3 is 9.64 Å². The van der Waals surface area contributed by atoms with Gasteiger partial charge in [-0.05, 0) is 31.2 Å². The minimum absolute atomic E-state index is 0.0936. The molecular formula is C18H25NO2. The summed E-state index contributed by atoms with van der Waals surface area (Å²) >= 11 is 0. The number of benzene rings is 1. The van der Waals surface area contributed by atoms with E-state index in [1.54, 1.807) is 0 Å². The number of nitrogens with zero attached hydrogens (tertiary/aromatic N) is 1. The van der Waals surface area contributed by atoms with Crippen LogP contribution < -0.4 is 4.74 Å². The number of carbonyl (C=O) groups excluding carboxylic acids is 1. The largest absolute Gasteiger partial charge is 0.492 e. The van der Waals surface area contributed by atoms with Gasteiger partial charge in [-0.2, -0.15) is 0 Å². The van der Waals surface area contributed by atoms with Gasteiger partial charge in [0, 0.05) is 18.7 Å². The zero-order valence-electron chi connectivity index (χ0n) is 12.9. The molecule has 1 fully saturated rings. The molecule has 21 heavy (non-hydrogen) atoms. The lowest BCUT2D eigenvalue weighted by molar-refractivity contribution is -0.133. The molecule has 114 valence electrons. The van der Waals surface area contributed by atoms with Crippen molar-refractivity contribution in [2.75, 3.05) is 19.7 Å². The molecule has 0 N–H and O–H groups in total. The lowest BCUT2D eigenvalue weighted by Gasteiger charge is -2.23. The molecule has 0 aromatic heterocycles. The molecular weight excluding hydrogens is 262 g/mol. The molecule has 1 amide bonds. The molecule has 1 aromatic carbocycles. The third-order valence-corrected chi connectivity index (χ3v) is 4.85. The van der Waals surface area contributed by atoms with E-state index in [-0.39, 0.29) is 11.8 Å². The number of hydrogen-bond donors (Lipinski definition) is 0. The molecule has 3 heteroatoms. The Kier molecular flexibility index (Phi) is 4.47. The van der Waals surface area contributed by atoms with Crippen molar-refractivity contribution >= 4 is 5.91 Å². The van der Waals surface area contributed by atoms with E-state index in [0.717, 1.165) is 43.2 Å². The first-order valence-electron chi connectivity index (χ1n) is 8.30. The van der Waals surface area contributed by atoms with Crippen LogP contribution in [0.3, 0.4) is 0 Å². The topological polar surface area (TPSA) is 29.5 Å². The summed E-state index contributed by atoms with van der Waals surface area (Å²) in [7, 11) is 0. The smallest absolute Gasteiger partial charge is 0.233 e. The van der Waals surface area contributed by atoms with Gasteiger partial charge in [0.25, 0.3) is 0 Å². The summed E-state index contributed by atoms with van der Waals surface area (Å²) in [6, 6.07) is 7.95. The van der Waals surface area contributed by atoms with Crippen LogP contribution in [0.25, 0.3) is 0 Å². The SMILES string of the molecule is CCCC1CCCN(C(=O)C2COc3ccccc32)CC1. The average molecular weight is 287 g/mol. The van der Waals surface area contributed by atoms with E-state index in [1.165, 1.54) is 19.3 Å². The van der Waals surface area contributed by atoms with E-state index in [9.17, 15) is 4.79 Å². The summed E-state index contributed by atoms with van der Waals surface area (Å²) in [6.45, 7) is 4.59. The highest BCUT2D eigenvalue weighted by Crippen LogP contribution is 2.35. The summed E-state index contributed by atoms with van der Waals surface area (Å²) in [4.78, 5) is 14.9. The molecule has 0 bridgehead atoms. The van der Waals surface area contributed by atoms with Crippen molar-refractivity contribution in [3.8, 4) is 5.75 Å². The fourth-order valence-electron chi connectivity index (χ4n) is 3.67. The molecule has 3 nitrogen and oxygen atoms in total. The molecule has 0 aliphatic carbocycles. The Bertz CT molecular complexity index is 500. The number of para-hydroxylation sites is 1. The zero-order chi connectivity index (χ0) is 14.7. The molecule has 2 atom stereocenters. The zero-order valence-corrected chi connectivity index (χ0v) is 12.9. The van der Waals surface area contributed by atoms with Crippen molar-refractivity contribution < 1.29 is 9.53 Å². The van der Waals surface area contributed by atoms with Crippen LogP contribution in [0.15, 0.2) is 24.3 Å². The third-order valence-electron chi connectivity index (χ3n) is 4.85. The molecule has 0 saturated carbocycles. The van der Waals surface area contributed by atoms with Crippen LogP contribution in [-0.4, -0.2) is 30.5 Å². The molecule has 0 radical (unpaired) electrons. The van der Waals surface area contributed by atoms with Crippen LogP contribution >= 0.6 is 0 Å². The van der Waals surface area contributed by atoms with Crippen molar-refractivity contribution in [2.24, 2.45) is 5.92 Å². The van der Waals surface area contributed by atoms with Crippen LogP contribution in [0.1, 0.15) is 50.5 Å². The maximum Gasteiger partial charge on any atom is 0.233 e. The van der Waals surface area contributed by atoms with Gasteiger partial charge in [0.2, 0.25) is 5.91 Å². The van der Waals surface area contributed by atoms with Crippen molar-refractivity contribution in [3.63, 3.8) is 0 Å². The van der Waals surface area contributed by atoms with E-state index < -0.39 is 0 Å². The first-order valence-corrected chi connectivity index (χ1v) is 8.30. The van der Waals surface area contributed by atoms with Gasteiger partial charge in [-0.15, -0.1) is 0 Å². The predicted molar refractivity (Wildman–Crippen MR) is 83.5 cm³/mol. The molecule has 1 aromatic rings. The Hall–Kier alpha value is -1.51. The van der Waals surface area contributed by atoms with E-state index in [4.69, 9.17) is 4.74 Å². The first kappa shape index (κ1) is 14.4. The van der Waals surface area contributed by atoms with Gasteiger partial charge in [0.15, 0.2) is 0 Å². The Balaban J connectivity index is 1.66. The van der Waals surface area contributed by atoms with Gasteiger partial charge in [-0.3, -0.25) is 4.79 Å². The highest BCUT2D eigenvalue weighted by Gasteiger charge is 2.33. The molecule has 0 spiro atoms. The van der Waals surface area contributed by atoms with Gasteiger partial charge in [-0.1, -0.05) is 38.0 Å². The molecule has 2 unspecified atom stereocenters. The highest BCUT2D eigenvalue weighted by molar-refractivity contribution is 5.85. The summed E-state index contributed by atoms with van der Waals surface area (Å²) in [5.41, 5.74) is 1.07. The maximum absolute atomic E-state index is 12.8. The summed E-state index contributed by atoms with van der Waals surface area (Å²) in [5.74, 6) is 1.86. The quantitative estimate of drug-likeness (QED) is 0.850. The molecule has 1 saturated heterocycles. The van der Waals surface area contributed by atoms with Crippen molar-refractivity contribution in [1.82, 2.24) is 4.90 Å². The van der Waals surface area contributed by atoms with Crippen molar-refractivity contribution in [2.45, 2.75) is 44.9 Å². The normalized spacial score (nSPS) is 25.1. The number of ether oxygens (including phenoxy) is 1. The summed E-state index contributed by atoms with van der Waals surface area (Å²) in [6.07, 6.45) is 6.13. The van der Waals surface area contributed by atoms with Crippen LogP contribution in [0.2, 0.25) is 0 Å². The number of rotatable bonds is 3. The van der Waals surface area contributed by atoms with Crippen LogP contribution in [0, 0.1) is 5.92 Å². The van der Waals surface area contributed by atoms with Gasteiger partial charge in [0.1, 0.15) is 18.3 Å². The summed E-state index contributed by atoms with van der Waals surface area (Å²) in [5, 5.41) is 0. The van der Waals surface area contributed by atoms with Gasteiger partial charge >= 0.3 is 0 Å². The predicted octanol–water partition coefficient (Wildman–Crippen LogP) is 3.59. The molecule has 3 rings (SSSR count). The highest BCUT2D eigenvalue weighted by atomic mass is 16.5. The number of hydrogen-bond acceptors (Lipinski definition) is 2. The second-order valence-electron chi connectivity index (χ2n) is 6.31. The minimum atomic E-state index is -0.0936. The minimum Gasteiger partial charge on any atom is -0.492 e. The molecule has 2 aliphatic heterocycles. The van der Waals surface area contributed by atoms with E-state index in [2.05, 4.69) is 11.8 Å². The van der Waals surface area contributed by atoms with Gasteiger partial charge in [0.05, 0.1) is 0 Å². The van der Waals surface area contributed by atoms with Crippen molar-refractivity contribution in [3.05, 3.63) is 29.8 Å². The average Bonchev–Trinajstić information content (AvgIpc) is 2.80. The fraction of sp³-hybridized carbons (Fsp3) is 0.611. The van der Waals surface area contributed by atoms with Crippen LogP contribution in [-0.2, 0) is 4.79 Å². The first-order chi connectivity index (χ1) is 10.3. The number of amides is 1. The Labute approximate surface area is 127 Å². The van der Waals surface area contributed by atoms with Crippen LogP contribution in [0.5, 0.6) is 5.75 Å². The van der Waals surface area contributed by atoms with E-state index in [1.807, 2.05) is 24.3 Å². The molecule has 2 heterocycles. The second-order valence-corrected chi connectivity index (χ2v) is 6.31. The number of carbonyl (C=O) groups is 1. The van der Waals surface area contributed by atoms with Crippen LogP contribution in [0.4, 0.5) is 0 Å². The standard InChI is InChI=1S/C18H25NO2/c1-2-6-14-7-5-11-19(12-10-14)18(20)16-13-21-17-9-4-3-8-15(16)17/h3-4,8-9,14,16H,2,5-7,10-13H2,1H3. The van der Waals surface area contributed by atoms with Gasteiger partial charge in [-0.25, -0.2) is 0 Å². The maximum atomic E-state index is 12.8. The fourth-order valence-corrected chi connectivity index (χ4v) is 3.67. The molecule has 2 aliphatic rings. The lowest BCUT2D eigenvalue weighted by atomic mass is 9.96. The summed E-state index contributed by atoms with van der Waals surface area (Å²) < 4.78 is 5.67. The number of likely N-dealkylation sites (tertiary alicyclic amines) is 1. The monoisotopic (exact) mass is 287 g/mol. The Morgan fingerprint density at radius 1 is 1.29 bits per heavy atom. The lowest BCUT2D eigenvalue weighted by Crippen LogP contribution is -2.36. The second kappa shape index (κ2) is 6.50. The third kappa shape index (κ3) is 3.07.